The van der Waals surface area contributed by atoms with Crippen molar-refractivity contribution in [3.05, 3.63) is 53.2 Å². The van der Waals surface area contributed by atoms with Gasteiger partial charge < -0.3 is 10.7 Å². The molecule has 1 aliphatic heterocycles. The minimum atomic E-state index is -4.98. The number of rotatable bonds is 4. The zero-order valence-corrected chi connectivity index (χ0v) is 16.3. The van der Waals surface area contributed by atoms with Crippen molar-refractivity contribution in [3.63, 3.8) is 0 Å². The van der Waals surface area contributed by atoms with Crippen LogP contribution in [0.1, 0.15) is 27.8 Å². The van der Waals surface area contributed by atoms with E-state index in [0.717, 1.165) is 6.07 Å². The molecule has 164 valence electrons. The van der Waals surface area contributed by atoms with Crippen LogP contribution in [0.5, 0.6) is 0 Å². The van der Waals surface area contributed by atoms with Gasteiger partial charge in [-0.15, -0.1) is 0 Å². The summed E-state index contributed by atoms with van der Waals surface area (Å²) in [7, 11) is -4.82. The third-order valence-electron chi connectivity index (χ3n) is 4.78. The summed E-state index contributed by atoms with van der Waals surface area (Å²) in [6.45, 7) is 0. The normalized spacial score (nSPS) is 15.6. The highest BCUT2D eigenvalue weighted by Crippen LogP contribution is 2.42. The highest BCUT2D eigenvalue weighted by molar-refractivity contribution is 7.89. The minimum absolute atomic E-state index is 0.0861. The Morgan fingerprint density at radius 2 is 1.71 bits per heavy atom. The van der Waals surface area contributed by atoms with Crippen molar-refractivity contribution in [3.8, 4) is 11.1 Å². The number of aromatic nitrogens is 1. The van der Waals surface area contributed by atoms with E-state index in [1.807, 2.05) is 0 Å². The molecule has 3 aromatic rings. The average molecular weight is 455 g/mol. The highest BCUT2D eigenvalue weighted by Gasteiger charge is 2.40. The molecule has 1 fully saturated rings. The maximum atomic E-state index is 13.7. The van der Waals surface area contributed by atoms with Gasteiger partial charge in [-0.25, -0.2) is 24.4 Å². The van der Waals surface area contributed by atoms with Gasteiger partial charge in [0, 0.05) is 16.5 Å². The monoisotopic (exact) mass is 455 g/mol. The Balaban J connectivity index is 2.11. The molecule has 1 aliphatic rings. The van der Waals surface area contributed by atoms with Crippen LogP contribution in [0, 0.1) is 0 Å². The first-order valence-corrected chi connectivity index (χ1v) is 10.2. The predicted octanol–water partition coefficient (Wildman–Crippen LogP) is 0.716. The Bertz CT molecular complexity index is 1300. The van der Waals surface area contributed by atoms with Crippen LogP contribution >= 0.6 is 0 Å². The molecule has 0 saturated carbocycles. The number of halogens is 3. The van der Waals surface area contributed by atoms with E-state index in [0.29, 0.717) is 22.5 Å². The topological polar surface area (TPSA) is 167 Å². The second-order valence-electron chi connectivity index (χ2n) is 6.74. The number of primary amides is 1. The Kier molecular flexibility index (Phi) is 5.00. The summed E-state index contributed by atoms with van der Waals surface area (Å²) >= 11 is 0. The van der Waals surface area contributed by atoms with Crippen molar-refractivity contribution in [2.24, 2.45) is 10.9 Å². The fraction of sp³-hybridized carbons (Fsp3) is 0.118. The van der Waals surface area contributed by atoms with Gasteiger partial charge in [0.15, 0.2) is 0 Å². The molecule has 0 bridgehead atoms. The number of nitrogens with one attached hydrogen (secondary N) is 5. The maximum absolute atomic E-state index is 13.7. The van der Waals surface area contributed by atoms with Gasteiger partial charge in [-0.05, 0) is 17.7 Å². The molecule has 10 nitrogen and oxygen atoms in total. The number of carbonyl (C=O) groups is 1. The first kappa shape index (κ1) is 21.2. The molecular weight excluding hydrogens is 439 g/mol. The molecule has 0 aliphatic carbocycles. The molecule has 0 spiro atoms. The number of sulfonamides is 1. The Labute approximate surface area is 173 Å². The molecule has 0 unspecified atom stereocenters. The van der Waals surface area contributed by atoms with E-state index in [-0.39, 0.29) is 16.8 Å². The number of carbonyl (C=O) groups excluding carboxylic acids is 1. The molecule has 2 heterocycles. The molecule has 0 radical (unpaired) electrons. The first-order chi connectivity index (χ1) is 14.5. The Morgan fingerprint density at radius 1 is 1.03 bits per heavy atom. The van der Waals surface area contributed by atoms with Gasteiger partial charge in [-0.3, -0.25) is 4.79 Å². The van der Waals surface area contributed by atoms with Crippen molar-refractivity contribution in [2.45, 2.75) is 17.2 Å². The number of fused-ring (bicyclic) bond motifs is 1. The van der Waals surface area contributed by atoms with Crippen LogP contribution in [0.2, 0.25) is 0 Å². The third kappa shape index (κ3) is 3.76. The lowest BCUT2D eigenvalue weighted by molar-refractivity contribution is -0.140. The van der Waals surface area contributed by atoms with E-state index in [9.17, 15) is 26.4 Å². The van der Waals surface area contributed by atoms with Crippen LogP contribution in [0.4, 0.5) is 13.2 Å². The van der Waals surface area contributed by atoms with E-state index in [2.05, 4.69) is 26.9 Å². The third-order valence-corrected chi connectivity index (χ3v) is 5.79. The number of aromatic amines is 1. The number of benzene rings is 2. The lowest BCUT2D eigenvalue weighted by Crippen LogP contribution is -2.33. The van der Waals surface area contributed by atoms with Crippen LogP contribution in [-0.4, -0.2) is 19.3 Å². The van der Waals surface area contributed by atoms with Gasteiger partial charge >= 0.3 is 6.18 Å². The quantitative estimate of drug-likeness (QED) is 0.304. The van der Waals surface area contributed by atoms with Gasteiger partial charge in [0.05, 0.1) is 11.1 Å². The molecule has 9 N–H and O–H groups in total. The van der Waals surface area contributed by atoms with Crippen molar-refractivity contribution >= 4 is 26.8 Å². The summed E-state index contributed by atoms with van der Waals surface area (Å²) in [6, 6.07) is 8.14. The molecule has 0 atom stereocenters. The van der Waals surface area contributed by atoms with Crippen LogP contribution in [0.15, 0.2) is 41.3 Å². The smallest absolute Gasteiger partial charge is 0.364 e. The fourth-order valence-corrected chi connectivity index (χ4v) is 4.59. The van der Waals surface area contributed by atoms with Crippen molar-refractivity contribution in [1.29, 1.82) is 0 Å². The Hall–Kier alpha value is -3.01. The SMILES string of the molecule is NC(=O)c1cc2cccc(-c3ccc(C(F)(F)F)c(S(N)(=O)=O)c3C3NNNN3)c2[nH]1. The molecule has 1 aromatic heterocycles. The second-order valence-corrected chi connectivity index (χ2v) is 8.23. The van der Waals surface area contributed by atoms with Gasteiger partial charge in [-0.2, -0.15) is 24.2 Å². The number of primary sulfonamides is 1. The number of hydrazine groups is 3. The zero-order valence-electron chi connectivity index (χ0n) is 15.5. The van der Waals surface area contributed by atoms with Gasteiger partial charge in [-0.1, -0.05) is 24.3 Å². The van der Waals surface area contributed by atoms with Crippen LogP contribution in [0.3, 0.4) is 0 Å². The van der Waals surface area contributed by atoms with E-state index in [4.69, 9.17) is 10.9 Å². The van der Waals surface area contributed by atoms with Gasteiger partial charge in [0.2, 0.25) is 10.0 Å². The number of hydrogen-bond donors (Lipinski definition) is 7. The van der Waals surface area contributed by atoms with Crippen LogP contribution in [-0.2, 0) is 16.2 Å². The number of para-hydroxylation sites is 1. The predicted molar refractivity (Wildman–Crippen MR) is 104 cm³/mol. The molecular formula is C17H16F3N7O3S. The zero-order chi connectivity index (χ0) is 22.6. The number of H-pyrrole nitrogens is 1. The molecule has 1 saturated heterocycles. The number of nitrogens with two attached hydrogens (primary N) is 2. The van der Waals surface area contributed by atoms with Gasteiger partial charge in [0.25, 0.3) is 5.91 Å². The lowest BCUT2D eigenvalue weighted by Gasteiger charge is -2.22. The summed E-state index contributed by atoms with van der Waals surface area (Å²) < 4.78 is 65.7. The molecule has 2 aromatic carbocycles. The number of hydrogen-bond acceptors (Lipinski definition) is 7. The molecule has 4 rings (SSSR count). The highest BCUT2D eigenvalue weighted by atomic mass is 32.2. The summed E-state index contributed by atoms with van der Waals surface area (Å²) in [5.41, 5.74) is 14.7. The molecule has 31 heavy (non-hydrogen) atoms. The summed E-state index contributed by atoms with van der Waals surface area (Å²) in [4.78, 5) is 13.3. The molecule has 14 heteroatoms. The summed E-state index contributed by atoms with van der Waals surface area (Å²) in [6.07, 6.45) is -6.09. The van der Waals surface area contributed by atoms with E-state index < -0.39 is 38.7 Å². The standard InChI is InChI=1S/C17H16F3N7O3S/c18-17(19,20)10-5-4-8(12(14(10)31(22,29)30)16-24-26-27-25-16)9-3-1-2-7-6-11(15(21)28)23-13(7)9/h1-6,16,23-27H,(H2,21,28)(H2,22,29,30). The summed E-state index contributed by atoms with van der Waals surface area (Å²) in [5, 5.41) is 5.79. The van der Waals surface area contributed by atoms with Crippen molar-refractivity contribution < 1.29 is 26.4 Å². The largest absolute Gasteiger partial charge is 0.417 e. The maximum Gasteiger partial charge on any atom is 0.417 e. The van der Waals surface area contributed by atoms with Crippen molar-refractivity contribution in [2.75, 3.05) is 0 Å². The van der Waals surface area contributed by atoms with E-state index in [1.54, 1.807) is 18.2 Å². The van der Waals surface area contributed by atoms with E-state index >= 15 is 0 Å². The minimum Gasteiger partial charge on any atom is -0.364 e. The first-order valence-electron chi connectivity index (χ1n) is 8.68. The number of amides is 1. The lowest BCUT2D eigenvalue weighted by atomic mass is 9.94. The van der Waals surface area contributed by atoms with Gasteiger partial charge in [0.1, 0.15) is 16.8 Å². The van der Waals surface area contributed by atoms with Crippen molar-refractivity contribution in [1.82, 2.24) is 26.9 Å². The number of alkyl halides is 3. The average Bonchev–Trinajstić information content (AvgIpc) is 3.34. The molecule has 1 amide bonds. The second kappa shape index (κ2) is 7.30. The van der Waals surface area contributed by atoms with E-state index in [1.165, 1.54) is 6.07 Å². The summed E-state index contributed by atoms with van der Waals surface area (Å²) in [5.74, 6) is -0.729. The van der Waals surface area contributed by atoms with Crippen LogP contribution < -0.4 is 32.8 Å². The Morgan fingerprint density at radius 3 is 2.29 bits per heavy atom. The fourth-order valence-electron chi connectivity index (χ4n) is 3.56. The van der Waals surface area contributed by atoms with Crippen LogP contribution in [0.25, 0.3) is 22.0 Å².